The molecule has 6 nitrogen and oxygen atoms in total. The van der Waals surface area contributed by atoms with E-state index in [4.69, 9.17) is 16.7 Å². The molecule has 0 saturated heterocycles. The number of carboxylic acids is 1. The number of carboxylic acid groups (broad SMARTS) is 1. The van der Waals surface area contributed by atoms with E-state index in [1.807, 2.05) is 0 Å². The van der Waals surface area contributed by atoms with Gasteiger partial charge in [-0.15, -0.1) is 0 Å². The van der Waals surface area contributed by atoms with Crippen LogP contribution in [-0.4, -0.2) is 29.0 Å². The van der Waals surface area contributed by atoms with Gasteiger partial charge in [0.1, 0.15) is 5.82 Å². The molecule has 1 aliphatic carbocycles. The highest BCUT2D eigenvalue weighted by Gasteiger charge is 2.26. The summed E-state index contributed by atoms with van der Waals surface area (Å²) in [5.41, 5.74) is 0.0421. The van der Waals surface area contributed by atoms with Gasteiger partial charge in [0.15, 0.2) is 11.6 Å². The molecule has 1 fully saturated rings. The Hall–Kier alpha value is -3.07. The van der Waals surface area contributed by atoms with Gasteiger partial charge in [0.25, 0.3) is 5.91 Å². The molecule has 3 N–H and O–H groups in total. The Morgan fingerprint density at radius 3 is 2.32 bits per heavy atom. The average molecular weight is 454 g/mol. The minimum Gasteiger partial charge on any atom is -0.481 e. The SMILES string of the molecule is O=C(/N=C(/Nc1cc(F)cc(Cl)c1)N[C@H]1CC[C@@H](C(=O)O)CC1)c1ccc(F)c(F)c1. The van der Waals surface area contributed by atoms with Crippen molar-refractivity contribution in [1.82, 2.24) is 5.32 Å². The minimum atomic E-state index is -1.19. The molecular weight excluding hydrogens is 435 g/mol. The summed E-state index contributed by atoms with van der Waals surface area (Å²) in [4.78, 5) is 27.5. The molecule has 3 rings (SSSR count). The number of hydrogen-bond donors (Lipinski definition) is 3. The van der Waals surface area contributed by atoms with E-state index >= 15 is 0 Å². The van der Waals surface area contributed by atoms with Crippen LogP contribution in [0, 0.1) is 23.4 Å². The number of anilines is 1. The third-order valence-corrected chi connectivity index (χ3v) is 5.14. The lowest BCUT2D eigenvalue weighted by Crippen LogP contribution is -2.42. The Bertz CT molecular complexity index is 1000. The molecule has 2 aromatic rings. The van der Waals surface area contributed by atoms with Gasteiger partial charge in [-0.2, -0.15) is 4.99 Å². The van der Waals surface area contributed by atoms with Crippen LogP contribution < -0.4 is 10.6 Å². The predicted molar refractivity (Wildman–Crippen MR) is 110 cm³/mol. The molecule has 2 aromatic carbocycles. The number of carbonyl (C=O) groups excluding carboxylic acids is 1. The van der Waals surface area contributed by atoms with Crippen LogP contribution in [0.4, 0.5) is 18.9 Å². The molecular formula is C21H19ClF3N3O3. The summed E-state index contributed by atoms with van der Waals surface area (Å²) in [6.07, 6.45) is 1.92. The summed E-state index contributed by atoms with van der Waals surface area (Å²) in [7, 11) is 0. The largest absolute Gasteiger partial charge is 0.481 e. The van der Waals surface area contributed by atoms with E-state index in [1.54, 1.807) is 0 Å². The van der Waals surface area contributed by atoms with Crippen molar-refractivity contribution in [3.63, 3.8) is 0 Å². The summed E-state index contributed by atoms with van der Waals surface area (Å²) in [6.45, 7) is 0. The highest BCUT2D eigenvalue weighted by molar-refractivity contribution is 6.31. The molecule has 0 spiro atoms. The fourth-order valence-electron chi connectivity index (χ4n) is 3.33. The summed E-state index contributed by atoms with van der Waals surface area (Å²) in [6, 6.07) is 6.13. The van der Waals surface area contributed by atoms with Crippen molar-refractivity contribution in [3.05, 3.63) is 64.4 Å². The highest BCUT2D eigenvalue weighted by Crippen LogP contribution is 2.25. The summed E-state index contributed by atoms with van der Waals surface area (Å²) >= 11 is 5.86. The van der Waals surface area contributed by atoms with Crippen molar-refractivity contribution >= 4 is 35.1 Å². The van der Waals surface area contributed by atoms with Gasteiger partial charge in [0, 0.05) is 22.3 Å². The number of nitrogens with zero attached hydrogens (tertiary/aromatic N) is 1. The Balaban J connectivity index is 1.82. The molecule has 0 aromatic heterocycles. The van der Waals surface area contributed by atoms with E-state index < -0.39 is 35.2 Å². The molecule has 164 valence electrons. The quantitative estimate of drug-likeness (QED) is 0.465. The van der Waals surface area contributed by atoms with Gasteiger partial charge >= 0.3 is 5.97 Å². The maximum atomic E-state index is 13.7. The molecule has 0 atom stereocenters. The number of amides is 1. The first-order valence-corrected chi connectivity index (χ1v) is 9.89. The monoisotopic (exact) mass is 453 g/mol. The molecule has 0 unspecified atom stereocenters. The van der Waals surface area contributed by atoms with Crippen LogP contribution in [0.15, 0.2) is 41.4 Å². The zero-order chi connectivity index (χ0) is 22.5. The molecule has 10 heteroatoms. The lowest BCUT2D eigenvalue weighted by Gasteiger charge is -2.28. The van der Waals surface area contributed by atoms with Crippen LogP contribution in [0.2, 0.25) is 5.02 Å². The average Bonchev–Trinajstić information content (AvgIpc) is 2.69. The van der Waals surface area contributed by atoms with E-state index in [9.17, 15) is 22.8 Å². The van der Waals surface area contributed by atoms with Crippen LogP contribution >= 0.6 is 11.6 Å². The Morgan fingerprint density at radius 1 is 1.00 bits per heavy atom. The highest BCUT2D eigenvalue weighted by atomic mass is 35.5. The normalized spacial score (nSPS) is 19.0. The van der Waals surface area contributed by atoms with Crippen LogP contribution in [0.5, 0.6) is 0 Å². The molecule has 1 amide bonds. The maximum absolute atomic E-state index is 13.7. The molecule has 31 heavy (non-hydrogen) atoms. The third kappa shape index (κ3) is 6.21. The summed E-state index contributed by atoms with van der Waals surface area (Å²) < 4.78 is 40.3. The Kier molecular flexibility index (Phi) is 7.17. The van der Waals surface area contributed by atoms with Crippen molar-refractivity contribution in [2.75, 3.05) is 5.32 Å². The number of guanidine groups is 1. The number of halogens is 4. The Labute approximate surface area is 181 Å². The zero-order valence-electron chi connectivity index (χ0n) is 16.2. The number of rotatable bonds is 4. The second kappa shape index (κ2) is 9.82. The smallest absolute Gasteiger partial charge is 0.306 e. The van der Waals surface area contributed by atoms with Crippen LogP contribution in [0.1, 0.15) is 36.0 Å². The molecule has 0 bridgehead atoms. The van der Waals surface area contributed by atoms with Crippen molar-refractivity contribution in [2.45, 2.75) is 31.7 Å². The van der Waals surface area contributed by atoms with Gasteiger partial charge in [0.2, 0.25) is 5.96 Å². The fraction of sp³-hybridized carbons (Fsp3) is 0.286. The van der Waals surface area contributed by atoms with Gasteiger partial charge in [-0.1, -0.05) is 11.6 Å². The number of hydrogen-bond acceptors (Lipinski definition) is 2. The third-order valence-electron chi connectivity index (χ3n) is 4.92. The lowest BCUT2D eigenvalue weighted by atomic mass is 9.86. The van der Waals surface area contributed by atoms with Gasteiger partial charge in [0.05, 0.1) is 5.92 Å². The van der Waals surface area contributed by atoms with Crippen LogP contribution in [0.25, 0.3) is 0 Å². The molecule has 0 radical (unpaired) electrons. The van der Waals surface area contributed by atoms with Crippen molar-refractivity contribution in [1.29, 1.82) is 0 Å². The standard InChI is InChI=1S/C21H19ClF3N3O3/c22-13-8-14(23)10-16(9-13)27-21(26-15-4-1-11(2-5-15)20(30)31)28-19(29)12-3-6-17(24)18(25)7-12/h3,6-11,15H,1-2,4-5H2,(H,30,31)(H2,26,27,28,29)/t11-,15+. The van der Waals surface area contributed by atoms with Gasteiger partial charge < -0.3 is 15.7 Å². The van der Waals surface area contributed by atoms with Gasteiger partial charge in [-0.05, 0) is 62.1 Å². The van der Waals surface area contributed by atoms with E-state index in [-0.39, 0.29) is 28.3 Å². The number of aliphatic carboxylic acids is 1. The number of benzene rings is 2. The van der Waals surface area contributed by atoms with E-state index in [0.717, 1.165) is 30.3 Å². The Morgan fingerprint density at radius 2 is 1.71 bits per heavy atom. The second-order valence-corrected chi connectivity index (χ2v) is 7.65. The van der Waals surface area contributed by atoms with Crippen molar-refractivity contribution < 1.29 is 27.9 Å². The van der Waals surface area contributed by atoms with Gasteiger partial charge in [-0.3, -0.25) is 9.59 Å². The van der Waals surface area contributed by atoms with Gasteiger partial charge in [-0.25, -0.2) is 13.2 Å². The number of carbonyl (C=O) groups is 2. The number of aliphatic imine (C=N–C) groups is 1. The zero-order valence-corrected chi connectivity index (χ0v) is 16.9. The van der Waals surface area contributed by atoms with E-state index in [0.29, 0.717) is 25.7 Å². The van der Waals surface area contributed by atoms with E-state index in [1.165, 1.54) is 6.07 Å². The molecule has 0 aliphatic heterocycles. The first-order valence-electron chi connectivity index (χ1n) is 9.52. The first-order chi connectivity index (χ1) is 14.7. The lowest BCUT2D eigenvalue weighted by molar-refractivity contribution is -0.142. The molecule has 1 saturated carbocycles. The van der Waals surface area contributed by atoms with Crippen molar-refractivity contribution in [3.8, 4) is 0 Å². The summed E-state index contributed by atoms with van der Waals surface area (Å²) in [5.74, 6) is -5.08. The minimum absolute atomic E-state index is 0.0461. The second-order valence-electron chi connectivity index (χ2n) is 7.21. The van der Waals surface area contributed by atoms with Crippen LogP contribution in [-0.2, 0) is 4.79 Å². The summed E-state index contributed by atoms with van der Waals surface area (Å²) in [5, 5.41) is 15.1. The molecule has 0 heterocycles. The van der Waals surface area contributed by atoms with E-state index in [2.05, 4.69) is 15.6 Å². The fourth-order valence-corrected chi connectivity index (χ4v) is 3.55. The first kappa shape index (κ1) is 22.6. The van der Waals surface area contributed by atoms with Crippen molar-refractivity contribution in [2.24, 2.45) is 10.9 Å². The van der Waals surface area contributed by atoms with Crippen LogP contribution in [0.3, 0.4) is 0 Å². The predicted octanol–water partition coefficient (Wildman–Crippen LogP) is 4.60. The topological polar surface area (TPSA) is 90.8 Å². The molecule has 1 aliphatic rings. The maximum Gasteiger partial charge on any atom is 0.306 e. The number of nitrogens with one attached hydrogen (secondary N) is 2.